The van der Waals surface area contributed by atoms with Gasteiger partial charge in [0.25, 0.3) is 0 Å². The van der Waals surface area contributed by atoms with Crippen molar-refractivity contribution in [2.45, 2.75) is 19.4 Å². The Labute approximate surface area is 102 Å². The van der Waals surface area contributed by atoms with Crippen molar-refractivity contribution in [1.82, 2.24) is 4.90 Å². The highest BCUT2D eigenvalue weighted by molar-refractivity contribution is 5.23. The molecule has 0 radical (unpaired) electrons. The normalized spacial score (nSPS) is 12.8. The molecule has 0 aliphatic heterocycles. The summed E-state index contributed by atoms with van der Waals surface area (Å²) < 4.78 is 18.5. The largest absolute Gasteiger partial charge is 0.489 e. The van der Waals surface area contributed by atoms with Crippen molar-refractivity contribution in [3.63, 3.8) is 0 Å². The minimum atomic E-state index is -0.334. The Morgan fingerprint density at radius 1 is 1.35 bits per heavy atom. The third kappa shape index (κ3) is 5.65. The number of hydrogen-bond donors (Lipinski definition) is 1. The van der Waals surface area contributed by atoms with Crippen molar-refractivity contribution in [1.29, 1.82) is 0 Å². The molecule has 1 aromatic carbocycles. The lowest BCUT2D eigenvalue weighted by Gasteiger charge is -2.17. The summed E-state index contributed by atoms with van der Waals surface area (Å²) in [4.78, 5) is 2.05. The summed E-state index contributed by atoms with van der Waals surface area (Å²) in [5.74, 6) is -0.0458. The Morgan fingerprint density at radius 3 is 2.71 bits per heavy atom. The third-order valence-corrected chi connectivity index (χ3v) is 2.50. The van der Waals surface area contributed by atoms with Crippen LogP contribution in [0.4, 0.5) is 4.39 Å². The van der Waals surface area contributed by atoms with Gasteiger partial charge in [-0.1, -0.05) is 12.1 Å². The quantitative estimate of drug-likeness (QED) is 0.791. The lowest BCUT2D eigenvalue weighted by atomic mass is 10.3. The lowest BCUT2D eigenvalue weighted by Crippen LogP contribution is -2.27. The second-order valence-electron chi connectivity index (χ2n) is 4.22. The molecule has 1 rings (SSSR count). The molecule has 0 aliphatic carbocycles. The van der Waals surface area contributed by atoms with Crippen LogP contribution in [-0.2, 0) is 0 Å². The summed E-state index contributed by atoms with van der Waals surface area (Å²) in [5.41, 5.74) is 0. The summed E-state index contributed by atoms with van der Waals surface area (Å²) in [7, 11) is 1.95. The molecule has 17 heavy (non-hydrogen) atoms. The molecule has 1 unspecified atom stereocenters. The van der Waals surface area contributed by atoms with Crippen molar-refractivity contribution in [2.24, 2.45) is 0 Å². The van der Waals surface area contributed by atoms with E-state index >= 15 is 0 Å². The molecule has 3 nitrogen and oxygen atoms in total. The van der Waals surface area contributed by atoms with Crippen LogP contribution < -0.4 is 4.74 Å². The molecule has 96 valence electrons. The monoisotopic (exact) mass is 241 g/mol. The zero-order chi connectivity index (χ0) is 12.7. The van der Waals surface area contributed by atoms with Gasteiger partial charge in [-0.15, -0.1) is 0 Å². The molecule has 1 aromatic rings. The lowest BCUT2D eigenvalue weighted by molar-refractivity contribution is 0.156. The van der Waals surface area contributed by atoms with E-state index in [-0.39, 0.29) is 17.7 Å². The second kappa shape index (κ2) is 7.25. The number of rotatable bonds is 7. The van der Waals surface area contributed by atoms with Gasteiger partial charge in [0.05, 0.1) is 6.10 Å². The van der Waals surface area contributed by atoms with Gasteiger partial charge in [-0.25, -0.2) is 4.39 Å². The molecule has 0 saturated carbocycles. The Bertz CT molecular complexity index is 331. The number of likely N-dealkylation sites (N-methyl/N-ethyl adjacent to an activating group) is 1. The molecule has 0 saturated heterocycles. The number of aliphatic hydroxyl groups is 1. The van der Waals surface area contributed by atoms with Crippen molar-refractivity contribution >= 4 is 0 Å². The van der Waals surface area contributed by atoms with Gasteiger partial charge >= 0.3 is 0 Å². The van der Waals surface area contributed by atoms with Crippen molar-refractivity contribution in [3.05, 3.63) is 30.1 Å². The number of halogens is 1. The van der Waals surface area contributed by atoms with Gasteiger partial charge in [0.1, 0.15) is 6.61 Å². The van der Waals surface area contributed by atoms with Crippen LogP contribution in [0.15, 0.2) is 24.3 Å². The number of aliphatic hydroxyl groups excluding tert-OH is 1. The predicted octanol–water partition coefficient (Wildman–Crippen LogP) is 1.91. The summed E-state index contributed by atoms with van der Waals surface area (Å²) in [6.45, 7) is 3.72. The molecule has 0 spiro atoms. The van der Waals surface area contributed by atoms with E-state index in [4.69, 9.17) is 9.84 Å². The first-order valence-corrected chi connectivity index (χ1v) is 5.83. The van der Waals surface area contributed by atoms with E-state index in [1.165, 1.54) is 6.07 Å². The molecule has 1 N–H and O–H groups in total. The first-order chi connectivity index (χ1) is 8.09. The van der Waals surface area contributed by atoms with Gasteiger partial charge in [0.2, 0.25) is 0 Å². The van der Waals surface area contributed by atoms with E-state index in [1.807, 2.05) is 11.9 Å². The highest BCUT2D eigenvalue weighted by atomic mass is 19.1. The molecule has 0 heterocycles. The molecule has 0 fully saturated rings. The first kappa shape index (κ1) is 13.9. The maximum Gasteiger partial charge on any atom is 0.165 e. The summed E-state index contributed by atoms with van der Waals surface area (Å²) in [6, 6.07) is 6.38. The molecule has 0 bridgehead atoms. The van der Waals surface area contributed by atoms with Gasteiger partial charge in [-0.05, 0) is 32.5 Å². The molecule has 0 aromatic heterocycles. The summed E-state index contributed by atoms with van der Waals surface area (Å²) in [5, 5.41) is 9.13. The van der Waals surface area contributed by atoms with Crippen LogP contribution in [0.3, 0.4) is 0 Å². The van der Waals surface area contributed by atoms with Crippen LogP contribution >= 0.6 is 0 Å². The van der Waals surface area contributed by atoms with Crippen LogP contribution in [0.5, 0.6) is 5.75 Å². The minimum Gasteiger partial charge on any atom is -0.489 e. The summed E-state index contributed by atoms with van der Waals surface area (Å²) in [6.07, 6.45) is 0.445. The first-order valence-electron chi connectivity index (χ1n) is 5.83. The van der Waals surface area contributed by atoms with Crippen molar-refractivity contribution < 1.29 is 14.2 Å². The Kier molecular flexibility index (Phi) is 5.94. The number of benzene rings is 1. The van der Waals surface area contributed by atoms with E-state index in [9.17, 15) is 4.39 Å². The van der Waals surface area contributed by atoms with E-state index in [0.29, 0.717) is 13.2 Å². The number of para-hydroxylation sites is 1. The summed E-state index contributed by atoms with van der Waals surface area (Å²) >= 11 is 0. The number of nitrogens with zero attached hydrogens (tertiary/aromatic N) is 1. The molecule has 0 amide bonds. The average molecular weight is 241 g/mol. The van der Waals surface area contributed by atoms with Gasteiger partial charge in [0, 0.05) is 13.1 Å². The van der Waals surface area contributed by atoms with Crippen LogP contribution in [0.2, 0.25) is 0 Å². The van der Waals surface area contributed by atoms with Crippen LogP contribution in [0.25, 0.3) is 0 Å². The maximum atomic E-state index is 13.2. The molecule has 1 atom stereocenters. The third-order valence-electron chi connectivity index (χ3n) is 2.50. The maximum absolute atomic E-state index is 13.2. The molecular weight excluding hydrogens is 221 g/mol. The highest BCUT2D eigenvalue weighted by Crippen LogP contribution is 2.14. The molecular formula is C13H20FNO2. The molecule has 0 aliphatic rings. The van der Waals surface area contributed by atoms with Gasteiger partial charge < -0.3 is 14.7 Å². The highest BCUT2D eigenvalue weighted by Gasteiger charge is 2.04. The SMILES string of the molecule is CC(O)CCN(C)CCOc1ccccc1F. The topological polar surface area (TPSA) is 32.7 Å². The van der Waals surface area contributed by atoms with Crippen LogP contribution in [0.1, 0.15) is 13.3 Å². The molecule has 4 heteroatoms. The number of hydrogen-bond acceptors (Lipinski definition) is 3. The zero-order valence-corrected chi connectivity index (χ0v) is 10.4. The van der Waals surface area contributed by atoms with E-state index in [0.717, 1.165) is 13.0 Å². The van der Waals surface area contributed by atoms with E-state index in [1.54, 1.807) is 25.1 Å². The van der Waals surface area contributed by atoms with Gasteiger partial charge in [-0.3, -0.25) is 0 Å². The van der Waals surface area contributed by atoms with Crippen LogP contribution in [0, 0.1) is 5.82 Å². The second-order valence-corrected chi connectivity index (χ2v) is 4.22. The average Bonchev–Trinajstić information content (AvgIpc) is 2.29. The fourth-order valence-corrected chi connectivity index (χ4v) is 1.39. The van der Waals surface area contributed by atoms with Gasteiger partial charge in [-0.2, -0.15) is 0 Å². The zero-order valence-electron chi connectivity index (χ0n) is 10.4. The fourth-order valence-electron chi connectivity index (χ4n) is 1.39. The van der Waals surface area contributed by atoms with E-state index < -0.39 is 0 Å². The minimum absolute atomic E-state index is 0.287. The van der Waals surface area contributed by atoms with Crippen LogP contribution in [-0.4, -0.2) is 42.9 Å². The smallest absolute Gasteiger partial charge is 0.165 e. The predicted molar refractivity (Wildman–Crippen MR) is 65.7 cm³/mol. The fraction of sp³-hybridized carbons (Fsp3) is 0.538. The van der Waals surface area contributed by atoms with Gasteiger partial charge in [0.15, 0.2) is 11.6 Å². The number of ether oxygens (including phenoxy) is 1. The standard InChI is InChI=1S/C13H20FNO2/c1-11(16)7-8-15(2)9-10-17-13-6-4-3-5-12(13)14/h3-6,11,16H,7-10H2,1-2H3. The Balaban J connectivity index is 2.21. The van der Waals surface area contributed by atoms with Crippen molar-refractivity contribution in [2.75, 3.05) is 26.7 Å². The Hall–Kier alpha value is -1.13. The van der Waals surface area contributed by atoms with Crippen molar-refractivity contribution in [3.8, 4) is 5.75 Å². The Morgan fingerprint density at radius 2 is 2.06 bits per heavy atom. The van der Waals surface area contributed by atoms with E-state index in [2.05, 4.69) is 0 Å².